The number of imide groups is 1. The SMILES string of the molecule is CC(C)[C@H]1CN(C)C(=O)N1C(=O)CCSc1ccccc1. The molecule has 114 valence electrons. The van der Waals surface area contributed by atoms with Crippen molar-refractivity contribution in [1.82, 2.24) is 9.80 Å². The van der Waals surface area contributed by atoms with Gasteiger partial charge in [-0.05, 0) is 18.1 Å². The first-order valence-corrected chi connectivity index (χ1v) is 8.24. The van der Waals surface area contributed by atoms with Gasteiger partial charge in [0, 0.05) is 30.7 Å². The summed E-state index contributed by atoms with van der Waals surface area (Å²) in [5, 5.41) is 0. The van der Waals surface area contributed by atoms with Crippen molar-refractivity contribution in [3.8, 4) is 0 Å². The Balaban J connectivity index is 1.91. The van der Waals surface area contributed by atoms with Crippen LogP contribution in [0.3, 0.4) is 0 Å². The number of carbonyl (C=O) groups is 2. The van der Waals surface area contributed by atoms with E-state index in [1.807, 2.05) is 30.3 Å². The molecule has 1 saturated heterocycles. The minimum atomic E-state index is -0.164. The van der Waals surface area contributed by atoms with E-state index in [0.29, 0.717) is 18.7 Å². The smallest absolute Gasteiger partial charge is 0.325 e. The van der Waals surface area contributed by atoms with Crippen molar-refractivity contribution in [2.75, 3.05) is 19.3 Å². The van der Waals surface area contributed by atoms with Gasteiger partial charge in [-0.25, -0.2) is 4.79 Å². The van der Waals surface area contributed by atoms with Crippen molar-refractivity contribution in [1.29, 1.82) is 0 Å². The maximum Gasteiger partial charge on any atom is 0.326 e. The van der Waals surface area contributed by atoms with Crippen LogP contribution in [0.5, 0.6) is 0 Å². The third-order valence-corrected chi connectivity index (χ3v) is 4.71. The summed E-state index contributed by atoms with van der Waals surface area (Å²) in [6.07, 6.45) is 0.391. The van der Waals surface area contributed by atoms with Crippen molar-refractivity contribution >= 4 is 23.7 Å². The zero-order valence-corrected chi connectivity index (χ0v) is 13.6. The Morgan fingerprint density at radius 2 is 2.00 bits per heavy atom. The maximum atomic E-state index is 12.4. The molecule has 0 radical (unpaired) electrons. The summed E-state index contributed by atoms with van der Waals surface area (Å²) in [6.45, 7) is 4.74. The Labute approximate surface area is 130 Å². The molecule has 2 rings (SSSR count). The molecular weight excluding hydrogens is 284 g/mol. The molecule has 3 amide bonds. The van der Waals surface area contributed by atoms with Gasteiger partial charge in [0.25, 0.3) is 0 Å². The van der Waals surface area contributed by atoms with Crippen LogP contribution in [-0.4, -0.2) is 47.1 Å². The average Bonchev–Trinajstić information content (AvgIpc) is 2.76. The average molecular weight is 306 g/mol. The van der Waals surface area contributed by atoms with E-state index in [2.05, 4.69) is 13.8 Å². The lowest BCUT2D eigenvalue weighted by molar-refractivity contribution is -0.129. The highest BCUT2D eigenvalue weighted by Crippen LogP contribution is 2.23. The van der Waals surface area contributed by atoms with E-state index in [9.17, 15) is 9.59 Å². The summed E-state index contributed by atoms with van der Waals surface area (Å²) < 4.78 is 0. The second-order valence-corrected chi connectivity index (χ2v) is 6.82. The normalized spacial score (nSPS) is 18.7. The number of hydrogen-bond acceptors (Lipinski definition) is 3. The number of amides is 3. The Morgan fingerprint density at radius 1 is 1.33 bits per heavy atom. The molecule has 1 aromatic rings. The monoisotopic (exact) mass is 306 g/mol. The zero-order valence-electron chi connectivity index (χ0n) is 12.8. The summed E-state index contributed by atoms with van der Waals surface area (Å²) in [7, 11) is 1.75. The largest absolute Gasteiger partial charge is 0.326 e. The van der Waals surface area contributed by atoms with Gasteiger partial charge in [0.05, 0.1) is 6.04 Å². The topological polar surface area (TPSA) is 40.6 Å². The number of rotatable bonds is 5. The fourth-order valence-electron chi connectivity index (χ4n) is 2.46. The minimum absolute atomic E-state index is 0.00303. The Morgan fingerprint density at radius 3 is 2.62 bits per heavy atom. The van der Waals surface area contributed by atoms with Crippen molar-refractivity contribution < 1.29 is 9.59 Å². The number of benzene rings is 1. The molecule has 1 aliphatic heterocycles. The highest BCUT2D eigenvalue weighted by Gasteiger charge is 2.40. The van der Waals surface area contributed by atoms with Gasteiger partial charge in [-0.15, -0.1) is 11.8 Å². The quantitative estimate of drug-likeness (QED) is 0.785. The lowest BCUT2D eigenvalue weighted by Crippen LogP contribution is -2.42. The third kappa shape index (κ3) is 3.79. The molecule has 1 aromatic carbocycles. The van der Waals surface area contributed by atoms with Crippen LogP contribution in [0.2, 0.25) is 0 Å². The van der Waals surface area contributed by atoms with Crippen LogP contribution in [0.1, 0.15) is 20.3 Å². The van der Waals surface area contributed by atoms with Crippen LogP contribution in [0.4, 0.5) is 4.79 Å². The molecule has 21 heavy (non-hydrogen) atoms. The molecule has 0 spiro atoms. The summed E-state index contributed by atoms with van der Waals surface area (Å²) in [6, 6.07) is 9.83. The van der Waals surface area contributed by atoms with E-state index >= 15 is 0 Å². The predicted octanol–water partition coefficient (Wildman–Crippen LogP) is 3.09. The molecule has 4 nitrogen and oxygen atoms in total. The van der Waals surface area contributed by atoms with Crippen LogP contribution in [-0.2, 0) is 4.79 Å². The summed E-state index contributed by atoms with van der Waals surface area (Å²) in [4.78, 5) is 28.7. The summed E-state index contributed by atoms with van der Waals surface area (Å²) in [5.74, 6) is 0.914. The van der Waals surface area contributed by atoms with Gasteiger partial charge in [0.2, 0.25) is 5.91 Å². The van der Waals surface area contributed by atoms with Crippen molar-refractivity contribution in [2.45, 2.75) is 31.2 Å². The number of nitrogens with zero attached hydrogens (tertiary/aromatic N) is 2. The molecule has 1 aliphatic rings. The van der Waals surface area contributed by atoms with Crippen molar-refractivity contribution in [3.05, 3.63) is 30.3 Å². The number of hydrogen-bond donors (Lipinski definition) is 0. The van der Waals surface area contributed by atoms with Gasteiger partial charge in [-0.2, -0.15) is 0 Å². The molecule has 1 heterocycles. The van der Waals surface area contributed by atoms with Crippen LogP contribution in [0.25, 0.3) is 0 Å². The molecule has 1 atom stereocenters. The molecule has 0 unspecified atom stereocenters. The van der Waals surface area contributed by atoms with Crippen LogP contribution in [0, 0.1) is 5.92 Å². The van der Waals surface area contributed by atoms with Gasteiger partial charge in [-0.1, -0.05) is 32.0 Å². The first kappa shape index (κ1) is 15.9. The van der Waals surface area contributed by atoms with Crippen LogP contribution >= 0.6 is 11.8 Å². The standard InChI is InChI=1S/C16H22N2O2S/c1-12(2)14-11-17(3)16(20)18(14)15(19)9-10-21-13-7-5-4-6-8-13/h4-8,12,14H,9-11H2,1-3H3/t14-/m1/s1. The second kappa shape index (κ2) is 6.98. The number of thioether (sulfide) groups is 1. The van der Waals surface area contributed by atoms with Crippen LogP contribution in [0.15, 0.2) is 35.2 Å². The van der Waals surface area contributed by atoms with Crippen LogP contribution < -0.4 is 0 Å². The van der Waals surface area contributed by atoms with Gasteiger partial charge in [-0.3, -0.25) is 9.69 Å². The summed E-state index contributed by atoms with van der Waals surface area (Å²) >= 11 is 1.65. The molecule has 5 heteroatoms. The van der Waals surface area contributed by atoms with Gasteiger partial charge in [0.1, 0.15) is 0 Å². The molecule has 0 aliphatic carbocycles. The van der Waals surface area contributed by atoms with E-state index in [1.54, 1.807) is 23.7 Å². The molecule has 1 fully saturated rings. The highest BCUT2D eigenvalue weighted by molar-refractivity contribution is 7.99. The van der Waals surface area contributed by atoms with Crippen molar-refractivity contribution in [3.63, 3.8) is 0 Å². The predicted molar refractivity (Wildman–Crippen MR) is 85.3 cm³/mol. The Kier molecular flexibility index (Phi) is 5.28. The fourth-order valence-corrected chi connectivity index (χ4v) is 3.32. The van der Waals surface area contributed by atoms with Gasteiger partial charge in [0.15, 0.2) is 0 Å². The molecule has 0 bridgehead atoms. The molecule has 0 aromatic heterocycles. The number of likely N-dealkylation sites (N-methyl/N-ethyl adjacent to an activating group) is 1. The lowest BCUT2D eigenvalue weighted by atomic mass is 10.0. The van der Waals surface area contributed by atoms with Crippen molar-refractivity contribution in [2.24, 2.45) is 5.92 Å². The second-order valence-electron chi connectivity index (χ2n) is 5.65. The van der Waals surface area contributed by atoms with E-state index in [0.717, 1.165) is 4.90 Å². The minimum Gasteiger partial charge on any atom is -0.325 e. The van der Waals surface area contributed by atoms with E-state index in [-0.39, 0.29) is 23.9 Å². The first-order chi connectivity index (χ1) is 10.0. The van der Waals surface area contributed by atoms with Gasteiger partial charge >= 0.3 is 6.03 Å². The van der Waals surface area contributed by atoms with E-state index in [4.69, 9.17) is 0 Å². The third-order valence-electron chi connectivity index (χ3n) is 3.69. The molecule has 0 saturated carbocycles. The lowest BCUT2D eigenvalue weighted by Gasteiger charge is -2.24. The Hall–Kier alpha value is -1.49. The Bertz CT molecular complexity index is 504. The van der Waals surface area contributed by atoms with E-state index in [1.165, 1.54) is 4.90 Å². The highest BCUT2D eigenvalue weighted by atomic mass is 32.2. The maximum absolute atomic E-state index is 12.4. The first-order valence-electron chi connectivity index (χ1n) is 7.25. The number of carbonyl (C=O) groups excluding carboxylic acids is 2. The van der Waals surface area contributed by atoms with Gasteiger partial charge < -0.3 is 4.90 Å². The summed E-state index contributed by atoms with van der Waals surface area (Å²) in [5.41, 5.74) is 0. The molecule has 0 N–H and O–H groups in total. The number of urea groups is 1. The fraction of sp³-hybridized carbons (Fsp3) is 0.500. The molecular formula is C16H22N2O2S. The zero-order chi connectivity index (χ0) is 15.4. The van der Waals surface area contributed by atoms with E-state index < -0.39 is 0 Å².